The molecule has 0 bridgehead atoms. The second-order valence-corrected chi connectivity index (χ2v) is 5.10. The Hall–Kier alpha value is -1.74. The Labute approximate surface area is 120 Å². The van der Waals surface area contributed by atoms with Crippen LogP contribution < -0.4 is 5.32 Å². The van der Waals surface area contributed by atoms with Gasteiger partial charge >= 0.3 is 0 Å². The molecule has 0 saturated carbocycles. The van der Waals surface area contributed by atoms with Crippen LogP contribution >= 0.6 is 0 Å². The number of hydrogen-bond acceptors (Lipinski definition) is 2. The van der Waals surface area contributed by atoms with E-state index in [1.807, 2.05) is 31.5 Å². The Morgan fingerprint density at radius 1 is 1.25 bits per heavy atom. The first-order valence-corrected chi connectivity index (χ1v) is 7.09. The third-order valence-corrected chi connectivity index (χ3v) is 3.32. The van der Waals surface area contributed by atoms with E-state index in [4.69, 9.17) is 0 Å². The van der Waals surface area contributed by atoms with E-state index in [2.05, 4.69) is 23.3 Å². The number of rotatable bonds is 6. The van der Waals surface area contributed by atoms with Crippen LogP contribution in [0.3, 0.4) is 0 Å². The number of aromatic nitrogens is 1. The van der Waals surface area contributed by atoms with Gasteiger partial charge in [-0.3, -0.25) is 4.98 Å². The predicted molar refractivity (Wildman–Crippen MR) is 80.1 cm³/mol. The maximum atomic E-state index is 13.8. The summed E-state index contributed by atoms with van der Waals surface area (Å²) in [6.45, 7) is 5.06. The van der Waals surface area contributed by atoms with Crippen LogP contribution in [0.15, 0.2) is 42.7 Å². The average molecular weight is 272 g/mol. The molecule has 2 nitrogen and oxygen atoms in total. The summed E-state index contributed by atoms with van der Waals surface area (Å²) < 4.78 is 13.8. The van der Waals surface area contributed by atoms with Crippen molar-refractivity contribution in [1.29, 1.82) is 0 Å². The summed E-state index contributed by atoms with van der Waals surface area (Å²) in [5, 5.41) is 3.48. The number of aryl methyl sites for hydroxylation is 1. The highest BCUT2D eigenvalue weighted by molar-refractivity contribution is 5.25. The molecule has 2 rings (SSSR count). The first-order chi connectivity index (χ1) is 9.70. The zero-order valence-electron chi connectivity index (χ0n) is 12.1. The maximum absolute atomic E-state index is 13.8. The third kappa shape index (κ3) is 3.87. The van der Waals surface area contributed by atoms with Gasteiger partial charge < -0.3 is 5.32 Å². The molecule has 0 saturated heterocycles. The van der Waals surface area contributed by atoms with Crippen LogP contribution in [0.25, 0.3) is 0 Å². The van der Waals surface area contributed by atoms with Gasteiger partial charge in [-0.25, -0.2) is 4.39 Å². The Morgan fingerprint density at radius 3 is 2.75 bits per heavy atom. The highest BCUT2D eigenvalue weighted by Gasteiger charge is 2.14. The minimum Gasteiger partial charge on any atom is -0.310 e. The fourth-order valence-corrected chi connectivity index (χ4v) is 2.28. The van der Waals surface area contributed by atoms with Crippen LogP contribution in [0.1, 0.15) is 36.1 Å². The molecule has 0 aliphatic rings. The molecule has 20 heavy (non-hydrogen) atoms. The fourth-order valence-electron chi connectivity index (χ4n) is 2.28. The molecular formula is C17H21FN2. The molecule has 0 fully saturated rings. The van der Waals surface area contributed by atoms with Crippen LogP contribution in [-0.2, 0) is 6.42 Å². The number of pyridine rings is 1. The number of hydrogen-bond donors (Lipinski definition) is 1. The minimum absolute atomic E-state index is 0.0965. The molecule has 0 aliphatic carbocycles. The molecular weight excluding hydrogens is 251 g/mol. The van der Waals surface area contributed by atoms with Crippen molar-refractivity contribution < 1.29 is 4.39 Å². The van der Waals surface area contributed by atoms with Crippen molar-refractivity contribution in [3.63, 3.8) is 0 Å². The molecule has 2 aromatic rings. The molecule has 106 valence electrons. The van der Waals surface area contributed by atoms with Crippen molar-refractivity contribution in [1.82, 2.24) is 10.3 Å². The molecule has 0 radical (unpaired) electrons. The molecule has 1 aromatic heterocycles. The highest BCUT2D eigenvalue weighted by Crippen LogP contribution is 2.20. The van der Waals surface area contributed by atoms with Crippen molar-refractivity contribution in [2.24, 2.45) is 0 Å². The summed E-state index contributed by atoms with van der Waals surface area (Å²) in [7, 11) is 0. The van der Waals surface area contributed by atoms with E-state index >= 15 is 0 Å². The molecule has 3 heteroatoms. The summed E-state index contributed by atoms with van der Waals surface area (Å²) >= 11 is 0. The Bertz CT molecular complexity index is 554. The molecule has 1 heterocycles. The number of nitrogens with zero attached hydrogens (tertiary/aromatic N) is 1. The summed E-state index contributed by atoms with van der Waals surface area (Å²) in [5.74, 6) is -0.142. The van der Waals surface area contributed by atoms with Gasteiger partial charge in [0.05, 0.1) is 0 Å². The minimum atomic E-state index is -0.142. The van der Waals surface area contributed by atoms with Gasteiger partial charge in [0, 0.05) is 18.4 Å². The quantitative estimate of drug-likeness (QED) is 0.865. The monoisotopic (exact) mass is 272 g/mol. The Morgan fingerprint density at radius 2 is 2.05 bits per heavy atom. The maximum Gasteiger partial charge on any atom is 0.126 e. The first kappa shape index (κ1) is 14.7. The summed E-state index contributed by atoms with van der Waals surface area (Å²) in [4.78, 5) is 4.24. The van der Waals surface area contributed by atoms with E-state index < -0.39 is 0 Å². The lowest BCUT2D eigenvalue weighted by molar-refractivity contribution is 0.511. The van der Waals surface area contributed by atoms with E-state index in [1.54, 1.807) is 6.07 Å². The zero-order chi connectivity index (χ0) is 14.4. The van der Waals surface area contributed by atoms with Crippen LogP contribution in [-0.4, -0.2) is 11.5 Å². The normalized spacial score (nSPS) is 12.3. The van der Waals surface area contributed by atoms with E-state index in [1.165, 1.54) is 6.07 Å². The zero-order valence-corrected chi connectivity index (χ0v) is 12.1. The van der Waals surface area contributed by atoms with Crippen molar-refractivity contribution in [3.8, 4) is 0 Å². The lowest BCUT2D eigenvalue weighted by Crippen LogP contribution is -2.24. The van der Waals surface area contributed by atoms with E-state index in [-0.39, 0.29) is 11.9 Å². The first-order valence-electron chi connectivity index (χ1n) is 7.09. The summed E-state index contributed by atoms with van der Waals surface area (Å²) in [6.07, 6.45) is 5.38. The molecule has 1 N–H and O–H groups in total. The molecule has 1 atom stereocenters. The second-order valence-electron chi connectivity index (χ2n) is 5.10. The van der Waals surface area contributed by atoms with E-state index in [9.17, 15) is 4.39 Å². The van der Waals surface area contributed by atoms with Crippen molar-refractivity contribution in [3.05, 3.63) is 65.2 Å². The number of halogens is 1. The van der Waals surface area contributed by atoms with Gasteiger partial charge in [0.1, 0.15) is 5.82 Å². The topological polar surface area (TPSA) is 24.9 Å². The second kappa shape index (κ2) is 7.15. The molecule has 0 amide bonds. The van der Waals surface area contributed by atoms with Gasteiger partial charge in [0.15, 0.2) is 0 Å². The molecule has 0 aliphatic heterocycles. The fraction of sp³-hybridized carbons (Fsp3) is 0.353. The van der Waals surface area contributed by atoms with Gasteiger partial charge in [0.25, 0.3) is 0 Å². The van der Waals surface area contributed by atoms with Crippen molar-refractivity contribution in [2.45, 2.75) is 32.7 Å². The number of nitrogens with one attached hydrogen (secondary N) is 1. The SMILES string of the molecule is CCCNC(Cc1ccccc1F)c1cncc(C)c1. The van der Waals surface area contributed by atoms with Gasteiger partial charge in [-0.15, -0.1) is 0 Å². The van der Waals surface area contributed by atoms with Gasteiger partial charge in [0.2, 0.25) is 0 Å². The van der Waals surface area contributed by atoms with E-state index in [0.717, 1.165) is 29.7 Å². The van der Waals surface area contributed by atoms with Crippen LogP contribution in [0.5, 0.6) is 0 Å². The molecule has 1 aromatic carbocycles. The van der Waals surface area contributed by atoms with Crippen LogP contribution in [0.4, 0.5) is 4.39 Å². The van der Waals surface area contributed by atoms with Crippen molar-refractivity contribution in [2.75, 3.05) is 6.54 Å². The van der Waals surface area contributed by atoms with Gasteiger partial charge in [-0.1, -0.05) is 31.2 Å². The van der Waals surface area contributed by atoms with E-state index in [0.29, 0.717) is 6.42 Å². The standard InChI is InChI=1S/C17H21FN2/c1-3-8-20-17(15-9-13(2)11-19-12-15)10-14-6-4-5-7-16(14)18/h4-7,9,11-12,17,20H,3,8,10H2,1-2H3. The van der Waals surface area contributed by atoms with Gasteiger partial charge in [-0.2, -0.15) is 0 Å². The lowest BCUT2D eigenvalue weighted by atomic mass is 9.99. The number of benzene rings is 1. The van der Waals surface area contributed by atoms with Crippen LogP contribution in [0.2, 0.25) is 0 Å². The summed E-state index contributed by atoms with van der Waals surface area (Å²) in [6, 6.07) is 9.17. The summed E-state index contributed by atoms with van der Waals surface area (Å²) in [5.41, 5.74) is 2.98. The Kier molecular flexibility index (Phi) is 5.24. The smallest absolute Gasteiger partial charge is 0.126 e. The third-order valence-electron chi connectivity index (χ3n) is 3.32. The predicted octanol–water partition coefficient (Wildman–Crippen LogP) is 3.81. The van der Waals surface area contributed by atoms with Crippen LogP contribution in [0, 0.1) is 12.7 Å². The molecule has 0 spiro atoms. The lowest BCUT2D eigenvalue weighted by Gasteiger charge is -2.19. The molecule has 1 unspecified atom stereocenters. The Balaban J connectivity index is 2.21. The average Bonchev–Trinajstić information content (AvgIpc) is 2.45. The van der Waals surface area contributed by atoms with Gasteiger partial charge in [-0.05, 0) is 49.1 Å². The largest absolute Gasteiger partial charge is 0.310 e. The van der Waals surface area contributed by atoms with Crippen molar-refractivity contribution >= 4 is 0 Å². The highest BCUT2D eigenvalue weighted by atomic mass is 19.1.